The number of nitrogens with zero attached hydrogens (tertiary/aromatic N) is 2. The molecule has 1 N–H and O–H groups in total. The first kappa shape index (κ1) is 19.6. The largest absolute Gasteiger partial charge is 0.386 e. The third kappa shape index (κ3) is 4.05. The monoisotopic (exact) mass is 426 g/mol. The third-order valence-corrected chi connectivity index (χ3v) is 6.75. The van der Waals surface area contributed by atoms with Crippen molar-refractivity contribution in [2.45, 2.75) is 23.3 Å². The van der Waals surface area contributed by atoms with Crippen molar-refractivity contribution in [2.24, 2.45) is 0 Å². The van der Waals surface area contributed by atoms with Gasteiger partial charge in [0, 0.05) is 10.6 Å². The second kappa shape index (κ2) is 7.99. The van der Waals surface area contributed by atoms with E-state index in [1.54, 1.807) is 59.2 Å². The number of rotatable bonds is 6. The molecule has 1 aromatic heterocycles. The molecule has 0 aliphatic carbocycles. The van der Waals surface area contributed by atoms with Gasteiger partial charge in [-0.05, 0) is 30.3 Å². The van der Waals surface area contributed by atoms with Crippen LogP contribution in [-0.4, -0.2) is 23.1 Å². The van der Waals surface area contributed by atoms with Crippen LogP contribution in [0.1, 0.15) is 17.5 Å². The molecule has 0 amide bonds. The van der Waals surface area contributed by atoms with Gasteiger partial charge in [0.25, 0.3) is 0 Å². The smallest absolute Gasteiger partial charge is 0.185 e. The van der Waals surface area contributed by atoms with Crippen molar-refractivity contribution >= 4 is 32.5 Å². The van der Waals surface area contributed by atoms with Gasteiger partial charge in [-0.15, -0.1) is 0 Å². The van der Waals surface area contributed by atoms with Gasteiger partial charge in [0.05, 0.1) is 28.6 Å². The summed E-state index contributed by atoms with van der Waals surface area (Å²) in [4.78, 5) is 4.77. The molecule has 1 heterocycles. The van der Waals surface area contributed by atoms with E-state index in [0.29, 0.717) is 21.9 Å². The molecule has 7 heteroatoms. The number of hydrogen-bond acceptors (Lipinski definition) is 4. The third-order valence-electron chi connectivity index (χ3n) is 4.77. The van der Waals surface area contributed by atoms with Crippen LogP contribution in [0.2, 0.25) is 5.02 Å². The van der Waals surface area contributed by atoms with Gasteiger partial charge in [-0.3, -0.25) is 0 Å². The van der Waals surface area contributed by atoms with E-state index in [2.05, 4.69) is 4.98 Å². The maximum absolute atomic E-state index is 12.9. The molecular formula is C22H19ClN2O3S. The van der Waals surface area contributed by atoms with Crippen molar-refractivity contribution in [3.05, 3.63) is 95.3 Å². The highest BCUT2D eigenvalue weighted by molar-refractivity contribution is 7.90. The molecule has 4 rings (SSSR count). The number of benzene rings is 3. The summed E-state index contributed by atoms with van der Waals surface area (Å²) >= 11 is 6.22. The van der Waals surface area contributed by atoms with E-state index in [1.807, 2.05) is 24.3 Å². The fourth-order valence-electron chi connectivity index (χ4n) is 3.34. The lowest BCUT2D eigenvalue weighted by Crippen LogP contribution is -2.15. The molecule has 1 atom stereocenters. The first-order valence-electron chi connectivity index (χ1n) is 9.10. The number of aromatic nitrogens is 2. The molecule has 1 unspecified atom stereocenters. The Bertz CT molecular complexity index is 1250. The van der Waals surface area contributed by atoms with Gasteiger partial charge in [0.1, 0.15) is 11.6 Å². The van der Waals surface area contributed by atoms with E-state index in [9.17, 15) is 13.5 Å². The van der Waals surface area contributed by atoms with E-state index in [0.717, 1.165) is 5.52 Å². The van der Waals surface area contributed by atoms with Crippen molar-refractivity contribution in [2.75, 3.05) is 0 Å². The topological polar surface area (TPSA) is 72.2 Å². The van der Waals surface area contributed by atoms with Crippen LogP contribution in [0.4, 0.5) is 0 Å². The van der Waals surface area contributed by atoms with E-state index in [1.165, 1.54) is 0 Å². The van der Waals surface area contributed by atoms with E-state index < -0.39 is 15.9 Å². The molecule has 0 saturated heterocycles. The molecule has 0 fully saturated rings. The lowest BCUT2D eigenvalue weighted by molar-refractivity contribution is 0.157. The number of para-hydroxylation sites is 2. The Balaban J connectivity index is 1.74. The van der Waals surface area contributed by atoms with Crippen molar-refractivity contribution in [1.29, 1.82) is 0 Å². The minimum absolute atomic E-state index is 0.143. The summed E-state index contributed by atoms with van der Waals surface area (Å²) in [5.74, 6) is 0.113. The van der Waals surface area contributed by atoms with Crippen LogP contribution in [0.3, 0.4) is 0 Å². The molecule has 148 valence electrons. The average Bonchev–Trinajstić information content (AvgIpc) is 3.05. The van der Waals surface area contributed by atoms with E-state index in [4.69, 9.17) is 11.6 Å². The molecule has 0 spiro atoms. The summed E-state index contributed by atoms with van der Waals surface area (Å²) in [5, 5.41) is 11.3. The zero-order valence-corrected chi connectivity index (χ0v) is 17.0. The fraction of sp³-hybridized carbons (Fsp3) is 0.136. The summed E-state index contributed by atoms with van der Waals surface area (Å²) in [7, 11) is -3.58. The van der Waals surface area contributed by atoms with Crippen molar-refractivity contribution in [3.63, 3.8) is 0 Å². The molecule has 0 aliphatic heterocycles. The molecule has 0 bridgehead atoms. The molecular weight excluding hydrogens is 408 g/mol. The van der Waals surface area contributed by atoms with Gasteiger partial charge < -0.3 is 9.67 Å². The number of fused-ring (bicyclic) bond motifs is 1. The van der Waals surface area contributed by atoms with Gasteiger partial charge in [0.2, 0.25) is 0 Å². The van der Waals surface area contributed by atoms with Gasteiger partial charge in [-0.1, -0.05) is 60.1 Å². The Morgan fingerprint density at radius 1 is 0.931 bits per heavy atom. The normalized spacial score (nSPS) is 12.9. The number of halogens is 1. The predicted octanol–water partition coefficient (Wildman–Crippen LogP) is 4.40. The lowest BCUT2D eigenvalue weighted by atomic mass is 10.1. The van der Waals surface area contributed by atoms with Gasteiger partial charge in [0.15, 0.2) is 9.84 Å². The highest BCUT2D eigenvalue weighted by Gasteiger charge is 2.22. The second-order valence-electron chi connectivity index (χ2n) is 6.74. The van der Waals surface area contributed by atoms with Crippen molar-refractivity contribution in [1.82, 2.24) is 9.55 Å². The van der Waals surface area contributed by atoms with Crippen LogP contribution >= 0.6 is 11.6 Å². The highest BCUT2D eigenvalue weighted by atomic mass is 35.5. The highest BCUT2D eigenvalue weighted by Crippen LogP contribution is 2.27. The number of hydrogen-bond donors (Lipinski definition) is 1. The van der Waals surface area contributed by atoms with Gasteiger partial charge >= 0.3 is 0 Å². The fourth-order valence-corrected chi connectivity index (χ4v) is 4.90. The standard InChI is InChI=1S/C22H19ClN2O3S/c23-18-11-5-4-10-17(18)21(26)14-25-20-13-7-6-12-19(20)24-22(25)15-29(27,28)16-8-2-1-3-9-16/h1-13,21,26H,14-15H2. The summed E-state index contributed by atoms with van der Waals surface area (Å²) in [6.45, 7) is 0.143. The first-order valence-corrected chi connectivity index (χ1v) is 11.1. The Kier molecular flexibility index (Phi) is 5.41. The Labute approximate surface area is 174 Å². The quantitative estimate of drug-likeness (QED) is 0.496. The van der Waals surface area contributed by atoms with E-state index in [-0.39, 0.29) is 17.2 Å². The van der Waals surface area contributed by atoms with Crippen LogP contribution in [-0.2, 0) is 22.1 Å². The number of imidazole rings is 1. The summed E-state index contributed by atoms with van der Waals surface area (Å²) in [6.07, 6.45) is -0.903. The average molecular weight is 427 g/mol. The second-order valence-corrected chi connectivity index (χ2v) is 9.13. The summed E-state index contributed by atoms with van der Waals surface area (Å²) < 4.78 is 27.6. The van der Waals surface area contributed by atoms with Gasteiger partial charge in [-0.2, -0.15) is 0 Å². The van der Waals surface area contributed by atoms with Crippen LogP contribution in [0.5, 0.6) is 0 Å². The molecule has 3 aromatic carbocycles. The molecule has 0 saturated carbocycles. The van der Waals surface area contributed by atoms with E-state index >= 15 is 0 Å². The number of sulfone groups is 1. The Morgan fingerprint density at radius 3 is 2.34 bits per heavy atom. The SMILES string of the molecule is O=S(=O)(Cc1nc2ccccc2n1CC(O)c1ccccc1Cl)c1ccccc1. The van der Waals surface area contributed by atoms with Crippen LogP contribution in [0, 0.1) is 0 Å². The van der Waals surface area contributed by atoms with Crippen LogP contribution < -0.4 is 0 Å². The van der Waals surface area contributed by atoms with Gasteiger partial charge in [-0.25, -0.2) is 13.4 Å². The maximum atomic E-state index is 12.9. The predicted molar refractivity (Wildman–Crippen MR) is 113 cm³/mol. The van der Waals surface area contributed by atoms with Crippen LogP contribution in [0.25, 0.3) is 11.0 Å². The minimum atomic E-state index is -3.58. The number of aliphatic hydroxyl groups excluding tert-OH is 1. The molecule has 5 nitrogen and oxygen atoms in total. The maximum Gasteiger partial charge on any atom is 0.185 e. The van der Waals surface area contributed by atoms with Crippen LogP contribution in [0.15, 0.2) is 83.8 Å². The van der Waals surface area contributed by atoms with Crippen molar-refractivity contribution in [3.8, 4) is 0 Å². The molecule has 4 aromatic rings. The minimum Gasteiger partial charge on any atom is -0.386 e. The van der Waals surface area contributed by atoms with Crippen molar-refractivity contribution < 1.29 is 13.5 Å². The molecule has 29 heavy (non-hydrogen) atoms. The molecule has 0 radical (unpaired) electrons. The zero-order valence-electron chi connectivity index (χ0n) is 15.4. The molecule has 0 aliphatic rings. The first-order chi connectivity index (χ1) is 14.0. The number of aliphatic hydroxyl groups is 1. The Morgan fingerprint density at radius 2 is 1.59 bits per heavy atom. The zero-order chi connectivity index (χ0) is 20.4. The summed E-state index contributed by atoms with van der Waals surface area (Å²) in [6, 6.07) is 22.8. The Hall–Kier alpha value is -2.67. The lowest BCUT2D eigenvalue weighted by Gasteiger charge is -2.16. The summed E-state index contributed by atoms with van der Waals surface area (Å²) in [5.41, 5.74) is 2.03.